The minimum Gasteiger partial charge on any atom is -0.463 e. The molecule has 0 saturated heterocycles. The zero-order chi connectivity index (χ0) is 9.56. The molecule has 0 fully saturated rings. The summed E-state index contributed by atoms with van der Waals surface area (Å²) in [5.41, 5.74) is 0.784. The van der Waals surface area contributed by atoms with Crippen LogP contribution in [0.2, 0.25) is 0 Å². The standard InChI is InChI=1S/C10H18O2/c1-5-9(7-8(3)4)10(11)12-6-2/h5,8H,6-7H2,1-4H3/b9-5+. The van der Waals surface area contributed by atoms with Crippen LogP contribution in [0.4, 0.5) is 0 Å². The fourth-order valence-corrected chi connectivity index (χ4v) is 0.983. The van der Waals surface area contributed by atoms with Crippen LogP contribution in [0.5, 0.6) is 0 Å². The largest absolute Gasteiger partial charge is 0.463 e. The topological polar surface area (TPSA) is 26.3 Å². The van der Waals surface area contributed by atoms with Gasteiger partial charge in [0.2, 0.25) is 0 Å². The third-order valence-corrected chi connectivity index (χ3v) is 1.51. The molecular formula is C10H18O2. The molecule has 0 aliphatic carbocycles. The molecule has 0 aliphatic heterocycles. The zero-order valence-electron chi connectivity index (χ0n) is 8.39. The van der Waals surface area contributed by atoms with Crippen molar-refractivity contribution in [3.8, 4) is 0 Å². The van der Waals surface area contributed by atoms with Gasteiger partial charge in [0.05, 0.1) is 6.61 Å². The molecule has 0 atom stereocenters. The highest BCUT2D eigenvalue weighted by Gasteiger charge is 2.10. The number of ether oxygens (including phenoxy) is 1. The maximum Gasteiger partial charge on any atom is 0.333 e. The zero-order valence-corrected chi connectivity index (χ0v) is 8.39. The van der Waals surface area contributed by atoms with E-state index in [1.54, 1.807) is 0 Å². The molecule has 0 spiro atoms. The maximum atomic E-state index is 11.2. The summed E-state index contributed by atoms with van der Waals surface area (Å²) in [7, 11) is 0. The number of carbonyl (C=O) groups is 1. The van der Waals surface area contributed by atoms with Crippen molar-refractivity contribution in [3.63, 3.8) is 0 Å². The van der Waals surface area contributed by atoms with Crippen LogP contribution in [-0.4, -0.2) is 12.6 Å². The van der Waals surface area contributed by atoms with Gasteiger partial charge >= 0.3 is 5.97 Å². The SMILES string of the molecule is C/C=C(\CC(C)C)C(=O)OCC. The van der Waals surface area contributed by atoms with Crippen molar-refractivity contribution in [1.29, 1.82) is 0 Å². The molecule has 0 aliphatic rings. The number of allylic oxidation sites excluding steroid dienone is 1. The van der Waals surface area contributed by atoms with Crippen molar-refractivity contribution in [1.82, 2.24) is 0 Å². The summed E-state index contributed by atoms with van der Waals surface area (Å²) in [6.45, 7) is 8.31. The van der Waals surface area contributed by atoms with Gasteiger partial charge in [-0.3, -0.25) is 0 Å². The molecule has 2 nitrogen and oxygen atoms in total. The minimum absolute atomic E-state index is 0.172. The molecule has 0 N–H and O–H groups in total. The third kappa shape index (κ3) is 4.16. The highest BCUT2D eigenvalue weighted by Crippen LogP contribution is 2.11. The van der Waals surface area contributed by atoms with E-state index < -0.39 is 0 Å². The number of rotatable bonds is 4. The van der Waals surface area contributed by atoms with Crippen LogP contribution >= 0.6 is 0 Å². The molecule has 0 aromatic rings. The van der Waals surface area contributed by atoms with E-state index in [-0.39, 0.29) is 5.97 Å². The molecule has 0 unspecified atom stereocenters. The fraction of sp³-hybridized carbons (Fsp3) is 0.700. The second-order valence-corrected chi connectivity index (χ2v) is 3.13. The lowest BCUT2D eigenvalue weighted by molar-refractivity contribution is -0.138. The molecule has 0 radical (unpaired) electrons. The third-order valence-electron chi connectivity index (χ3n) is 1.51. The summed E-state index contributed by atoms with van der Waals surface area (Å²) in [6.07, 6.45) is 2.63. The van der Waals surface area contributed by atoms with E-state index in [0.717, 1.165) is 12.0 Å². The number of esters is 1. The smallest absolute Gasteiger partial charge is 0.333 e. The highest BCUT2D eigenvalue weighted by atomic mass is 16.5. The molecule has 0 aromatic heterocycles. The van der Waals surface area contributed by atoms with Crippen LogP contribution in [0.1, 0.15) is 34.1 Å². The Labute approximate surface area is 74.6 Å². The molecule has 0 bridgehead atoms. The van der Waals surface area contributed by atoms with Crippen LogP contribution in [0.15, 0.2) is 11.6 Å². The summed E-state index contributed by atoms with van der Waals surface area (Å²) in [6, 6.07) is 0. The van der Waals surface area contributed by atoms with E-state index in [1.807, 2.05) is 19.9 Å². The van der Waals surface area contributed by atoms with Crippen molar-refractivity contribution >= 4 is 5.97 Å². The van der Waals surface area contributed by atoms with E-state index in [9.17, 15) is 4.79 Å². The minimum atomic E-state index is -0.172. The van der Waals surface area contributed by atoms with Gasteiger partial charge in [-0.15, -0.1) is 0 Å². The van der Waals surface area contributed by atoms with Crippen molar-refractivity contribution in [2.75, 3.05) is 6.61 Å². The van der Waals surface area contributed by atoms with Crippen LogP contribution < -0.4 is 0 Å². The summed E-state index contributed by atoms with van der Waals surface area (Å²) in [4.78, 5) is 11.2. The molecule has 0 rings (SSSR count). The molecule has 70 valence electrons. The number of hydrogen-bond acceptors (Lipinski definition) is 2. The van der Waals surface area contributed by atoms with Gasteiger partial charge in [0.25, 0.3) is 0 Å². The lowest BCUT2D eigenvalue weighted by Crippen LogP contribution is -2.09. The number of hydrogen-bond donors (Lipinski definition) is 0. The van der Waals surface area contributed by atoms with Crippen molar-refractivity contribution in [3.05, 3.63) is 11.6 Å². The van der Waals surface area contributed by atoms with Crippen LogP contribution in [-0.2, 0) is 9.53 Å². The normalized spacial score (nSPS) is 11.9. The first-order valence-corrected chi connectivity index (χ1v) is 4.44. The second-order valence-electron chi connectivity index (χ2n) is 3.13. The van der Waals surface area contributed by atoms with E-state index in [1.165, 1.54) is 0 Å². The second kappa shape index (κ2) is 5.81. The molecule has 0 heterocycles. The van der Waals surface area contributed by atoms with Crippen LogP contribution in [0, 0.1) is 5.92 Å². The van der Waals surface area contributed by atoms with Crippen molar-refractivity contribution in [2.24, 2.45) is 5.92 Å². The van der Waals surface area contributed by atoms with Gasteiger partial charge < -0.3 is 4.74 Å². The number of carbonyl (C=O) groups excluding carboxylic acids is 1. The van der Waals surface area contributed by atoms with Gasteiger partial charge in [-0.2, -0.15) is 0 Å². The Kier molecular flexibility index (Phi) is 5.43. The fourth-order valence-electron chi connectivity index (χ4n) is 0.983. The van der Waals surface area contributed by atoms with Gasteiger partial charge in [0.15, 0.2) is 0 Å². The van der Waals surface area contributed by atoms with Gasteiger partial charge in [-0.25, -0.2) is 4.79 Å². The Hall–Kier alpha value is -0.790. The average molecular weight is 170 g/mol. The van der Waals surface area contributed by atoms with E-state index >= 15 is 0 Å². The Morgan fingerprint density at radius 2 is 2.08 bits per heavy atom. The Bertz CT molecular complexity index is 169. The first kappa shape index (κ1) is 11.2. The molecule has 2 heteroatoms. The van der Waals surface area contributed by atoms with Gasteiger partial charge in [-0.1, -0.05) is 19.9 Å². The predicted molar refractivity (Wildman–Crippen MR) is 49.8 cm³/mol. The molecular weight excluding hydrogens is 152 g/mol. The average Bonchev–Trinajstić information content (AvgIpc) is 2.00. The molecule has 12 heavy (non-hydrogen) atoms. The maximum absolute atomic E-state index is 11.2. The Morgan fingerprint density at radius 3 is 2.42 bits per heavy atom. The molecule has 0 saturated carbocycles. The lowest BCUT2D eigenvalue weighted by atomic mass is 10.0. The predicted octanol–water partition coefficient (Wildman–Crippen LogP) is 2.54. The van der Waals surface area contributed by atoms with Crippen LogP contribution in [0.25, 0.3) is 0 Å². The van der Waals surface area contributed by atoms with Gasteiger partial charge in [-0.05, 0) is 26.2 Å². The Morgan fingerprint density at radius 1 is 1.50 bits per heavy atom. The van der Waals surface area contributed by atoms with Crippen LogP contribution in [0.3, 0.4) is 0 Å². The highest BCUT2D eigenvalue weighted by molar-refractivity contribution is 5.88. The lowest BCUT2D eigenvalue weighted by Gasteiger charge is -2.08. The van der Waals surface area contributed by atoms with Crippen molar-refractivity contribution < 1.29 is 9.53 Å². The summed E-state index contributed by atoms with van der Waals surface area (Å²) < 4.78 is 4.89. The van der Waals surface area contributed by atoms with Crippen molar-refractivity contribution in [2.45, 2.75) is 34.1 Å². The van der Waals surface area contributed by atoms with E-state index in [0.29, 0.717) is 12.5 Å². The molecule has 0 amide bonds. The summed E-state index contributed by atoms with van der Waals surface area (Å²) in [5.74, 6) is 0.328. The molecule has 0 aromatic carbocycles. The first-order valence-electron chi connectivity index (χ1n) is 4.44. The Balaban J connectivity index is 4.08. The monoisotopic (exact) mass is 170 g/mol. The summed E-state index contributed by atoms with van der Waals surface area (Å²) in [5, 5.41) is 0. The van der Waals surface area contributed by atoms with Gasteiger partial charge in [0, 0.05) is 5.57 Å². The van der Waals surface area contributed by atoms with E-state index in [4.69, 9.17) is 4.74 Å². The first-order chi connectivity index (χ1) is 5.61. The van der Waals surface area contributed by atoms with Gasteiger partial charge in [0.1, 0.15) is 0 Å². The summed E-state index contributed by atoms with van der Waals surface area (Å²) >= 11 is 0. The van der Waals surface area contributed by atoms with E-state index in [2.05, 4.69) is 13.8 Å². The quantitative estimate of drug-likeness (QED) is 0.478.